The van der Waals surface area contributed by atoms with Gasteiger partial charge in [-0.1, -0.05) is 15.9 Å². The maximum atomic E-state index is 11.9. The molecule has 0 aromatic heterocycles. The van der Waals surface area contributed by atoms with Crippen LogP contribution in [0.3, 0.4) is 0 Å². The first-order valence-corrected chi connectivity index (χ1v) is 7.88. The fourth-order valence-electron chi connectivity index (χ4n) is 2.31. The van der Waals surface area contributed by atoms with Gasteiger partial charge in [0.05, 0.1) is 0 Å². The Morgan fingerprint density at radius 2 is 1.68 bits per heavy atom. The van der Waals surface area contributed by atoms with Crippen LogP contribution in [0.4, 0.5) is 5.69 Å². The van der Waals surface area contributed by atoms with Gasteiger partial charge in [-0.15, -0.1) is 0 Å². The molecule has 1 aromatic rings. The number of amides is 3. The summed E-state index contributed by atoms with van der Waals surface area (Å²) < 4.78 is 0.896. The number of carbonyl (C=O) groups is 3. The van der Waals surface area contributed by atoms with E-state index < -0.39 is 11.8 Å². The zero-order chi connectivity index (χ0) is 16.1. The van der Waals surface area contributed by atoms with Crippen LogP contribution in [0.25, 0.3) is 0 Å². The molecule has 1 heterocycles. The van der Waals surface area contributed by atoms with E-state index in [1.165, 1.54) is 6.92 Å². The molecule has 1 aliphatic heterocycles. The van der Waals surface area contributed by atoms with Crippen LogP contribution >= 0.6 is 15.9 Å². The van der Waals surface area contributed by atoms with Crippen LogP contribution in [0.5, 0.6) is 0 Å². The highest BCUT2D eigenvalue weighted by atomic mass is 79.9. The van der Waals surface area contributed by atoms with Gasteiger partial charge >= 0.3 is 11.8 Å². The number of carbonyl (C=O) groups excluding carboxylic acids is 3. The van der Waals surface area contributed by atoms with Crippen molar-refractivity contribution in [1.29, 1.82) is 0 Å². The number of rotatable bonds is 2. The Morgan fingerprint density at radius 3 is 2.23 bits per heavy atom. The summed E-state index contributed by atoms with van der Waals surface area (Å²) in [6.45, 7) is 2.74. The van der Waals surface area contributed by atoms with Gasteiger partial charge in [0.2, 0.25) is 5.91 Å². The van der Waals surface area contributed by atoms with E-state index in [0.717, 1.165) is 4.47 Å². The summed E-state index contributed by atoms with van der Waals surface area (Å²) in [6.07, 6.45) is 1.33. The third-order valence-corrected chi connectivity index (χ3v) is 4.11. The van der Waals surface area contributed by atoms with Gasteiger partial charge in [-0.3, -0.25) is 14.4 Å². The molecule has 0 radical (unpaired) electrons. The number of benzene rings is 1. The molecule has 1 aromatic carbocycles. The molecule has 2 N–H and O–H groups in total. The fraction of sp³-hybridized carbons (Fsp3) is 0.400. The molecule has 2 rings (SSSR count). The van der Waals surface area contributed by atoms with Crippen LogP contribution in [0.15, 0.2) is 28.7 Å². The van der Waals surface area contributed by atoms with Crippen LogP contribution in [-0.2, 0) is 14.4 Å². The summed E-state index contributed by atoms with van der Waals surface area (Å²) in [5.41, 5.74) is 0.565. The molecule has 7 heteroatoms. The average molecular weight is 368 g/mol. The van der Waals surface area contributed by atoms with Crippen LogP contribution in [0, 0.1) is 0 Å². The smallest absolute Gasteiger partial charge is 0.313 e. The molecule has 0 unspecified atom stereocenters. The van der Waals surface area contributed by atoms with E-state index in [9.17, 15) is 14.4 Å². The molecular formula is C15H18BrN3O3. The Morgan fingerprint density at radius 1 is 1.09 bits per heavy atom. The Kier molecular flexibility index (Phi) is 5.54. The first-order valence-electron chi connectivity index (χ1n) is 7.08. The van der Waals surface area contributed by atoms with Crippen molar-refractivity contribution in [3.63, 3.8) is 0 Å². The average Bonchev–Trinajstić information content (AvgIpc) is 2.50. The molecule has 118 valence electrons. The normalized spacial score (nSPS) is 15.3. The number of hydrogen-bond acceptors (Lipinski definition) is 3. The minimum Gasteiger partial charge on any atom is -0.345 e. The quantitative estimate of drug-likeness (QED) is 0.777. The number of piperidine rings is 1. The van der Waals surface area contributed by atoms with Gasteiger partial charge < -0.3 is 15.5 Å². The number of halogens is 1. The minimum absolute atomic E-state index is 0.0396. The molecule has 1 aliphatic rings. The zero-order valence-electron chi connectivity index (χ0n) is 12.3. The van der Waals surface area contributed by atoms with E-state index in [1.807, 2.05) is 0 Å². The van der Waals surface area contributed by atoms with Gasteiger partial charge in [-0.25, -0.2) is 0 Å². The van der Waals surface area contributed by atoms with Crippen molar-refractivity contribution in [3.8, 4) is 0 Å². The zero-order valence-corrected chi connectivity index (χ0v) is 13.9. The summed E-state index contributed by atoms with van der Waals surface area (Å²) in [4.78, 5) is 36.7. The van der Waals surface area contributed by atoms with Gasteiger partial charge in [-0.2, -0.15) is 0 Å². The molecule has 1 saturated heterocycles. The summed E-state index contributed by atoms with van der Waals surface area (Å²) in [7, 11) is 0. The maximum absolute atomic E-state index is 11.9. The molecule has 3 amide bonds. The third kappa shape index (κ3) is 4.56. The molecule has 6 nitrogen and oxygen atoms in total. The highest BCUT2D eigenvalue weighted by Gasteiger charge is 2.24. The van der Waals surface area contributed by atoms with Crippen molar-refractivity contribution in [2.45, 2.75) is 25.8 Å². The minimum atomic E-state index is -0.684. The number of likely N-dealkylation sites (tertiary alicyclic amines) is 1. The molecule has 0 aliphatic carbocycles. The third-order valence-electron chi connectivity index (χ3n) is 3.58. The van der Waals surface area contributed by atoms with Crippen LogP contribution in [-0.4, -0.2) is 41.8 Å². The van der Waals surface area contributed by atoms with Crippen LogP contribution in [0.1, 0.15) is 19.8 Å². The van der Waals surface area contributed by atoms with Gasteiger partial charge in [0.25, 0.3) is 0 Å². The van der Waals surface area contributed by atoms with Crippen molar-refractivity contribution in [2.75, 3.05) is 18.4 Å². The van der Waals surface area contributed by atoms with Crippen molar-refractivity contribution in [3.05, 3.63) is 28.7 Å². The van der Waals surface area contributed by atoms with E-state index >= 15 is 0 Å². The Hall–Kier alpha value is -1.89. The van der Waals surface area contributed by atoms with Crippen molar-refractivity contribution >= 4 is 39.3 Å². The number of nitrogens with zero attached hydrogens (tertiary/aromatic N) is 1. The number of nitrogens with one attached hydrogen (secondary N) is 2. The van der Waals surface area contributed by atoms with Crippen molar-refractivity contribution < 1.29 is 14.4 Å². The maximum Gasteiger partial charge on any atom is 0.313 e. The SMILES string of the molecule is CC(=O)N1CCC(NC(=O)C(=O)Nc2ccc(Br)cc2)CC1. The van der Waals surface area contributed by atoms with Crippen molar-refractivity contribution in [2.24, 2.45) is 0 Å². The second-order valence-electron chi connectivity index (χ2n) is 5.21. The highest BCUT2D eigenvalue weighted by Crippen LogP contribution is 2.14. The number of hydrogen-bond donors (Lipinski definition) is 2. The lowest BCUT2D eigenvalue weighted by molar-refractivity contribution is -0.137. The topological polar surface area (TPSA) is 78.5 Å². The predicted molar refractivity (Wildman–Crippen MR) is 86.2 cm³/mol. The molecule has 1 fully saturated rings. The van der Waals surface area contributed by atoms with E-state index in [0.29, 0.717) is 31.6 Å². The monoisotopic (exact) mass is 367 g/mol. The molecule has 22 heavy (non-hydrogen) atoms. The summed E-state index contributed by atoms with van der Waals surface area (Å²) >= 11 is 3.30. The first kappa shape index (κ1) is 16.5. The van der Waals surface area contributed by atoms with E-state index in [2.05, 4.69) is 26.6 Å². The molecule has 0 bridgehead atoms. The number of anilines is 1. The molecule has 0 atom stereocenters. The van der Waals surface area contributed by atoms with Crippen LogP contribution < -0.4 is 10.6 Å². The van der Waals surface area contributed by atoms with E-state index in [-0.39, 0.29) is 11.9 Å². The van der Waals surface area contributed by atoms with Gasteiger partial charge in [0.1, 0.15) is 0 Å². The predicted octanol–water partition coefficient (Wildman–Crippen LogP) is 1.51. The first-order chi connectivity index (χ1) is 10.5. The lowest BCUT2D eigenvalue weighted by Gasteiger charge is -2.31. The summed E-state index contributed by atoms with van der Waals surface area (Å²) in [5, 5.41) is 5.26. The molecular weight excluding hydrogens is 350 g/mol. The highest BCUT2D eigenvalue weighted by molar-refractivity contribution is 9.10. The fourth-order valence-corrected chi connectivity index (χ4v) is 2.58. The molecule has 0 spiro atoms. The second-order valence-corrected chi connectivity index (χ2v) is 6.13. The van der Waals surface area contributed by atoms with Gasteiger partial charge in [0, 0.05) is 36.2 Å². The largest absolute Gasteiger partial charge is 0.345 e. The Balaban J connectivity index is 1.81. The summed E-state index contributed by atoms with van der Waals surface area (Å²) in [6, 6.07) is 6.91. The lowest BCUT2D eigenvalue weighted by atomic mass is 10.1. The molecule has 0 saturated carbocycles. The standard InChI is InChI=1S/C15H18BrN3O3/c1-10(20)19-8-6-13(7-9-19)18-15(22)14(21)17-12-4-2-11(16)3-5-12/h2-5,13H,6-9H2,1H3,(H,17,21)(H,18,22). The van der Waals surface area contributed by atoms with Crippen LogP contribution in [0.2, 0.25) is 0 Å². The Bertz CT molecular complexity index is 566. The van der Waals surface area contributed by atoms with E-state index in [1.54, 1.807) is 29.2 Å². The Labute approximate surface area is 137 Å². The van der Waals surface area contributed by atoms with Crippen molar-refractivity contribution in [1.82, 2.24) is 10.2 Å². The van der Waals surface area contributed by atoms with Gasteiger partial charge in [-0.05, 0) is 37.1 Å². The van der Waals surface area contributed by atoms with Gasteiger partial charge in [0.15, 0.2) is 0 Å². The second kappa shape index (κ2) is 7.40. The summed E-state index contributed by atoms with van der Waals surface area (Å²) in [5.74, 6) is -1.29. The van der Waals surface area contributed by atoms with E-state index in [4.69, 9.17) is 0 Å². The lowest BCUT2D eigenvalue weighted by Crippen LogP contribution is -2.48.